The highest BCUT2D eigenvalue weighted by molar-refractivity contribution is 7.52. The third-order valence-electron chi connectivity index (χ3n) is 4.76. The Balaban J connectivity index is 1.95. The summed E-state index contributed by atoms with van der Waals surface area (Å²) >= 11 is 0. The van der Waals surface area contributed by atoms with Gasteiger partial charge in [-0.2, -0.15) is 5.09 Å². The van der Waals surface area contributed by atoms with Crippen LogP contribution in [0.2, 0.25) is 0 Å². The lowest BCUT2D eigenvalue weighted by atomic mass is 10.1. The number of benzene rings is 2. The minimum Gasteiger partial charge on any atom is -0.465 e. The summed E-state index contributed by atoms with van der Waals surface area (Å²) in [4.78, 5) is 17.5. The van der Waals surface area contributed by atoms with Crippen molar-refractivity contribution in [3.05, 3.63) is 60.3 Å². The number of nitrogens with zero attached hydrogens (tertiary/aromatic N) is 1. The minimum absolute atomic E-state index is 0.216. The van der Waals surface area contributed by atoms with Crippen molar-refractivity contribution in [3.63, 3.8) is 0 Å². The Morgan fingerprint density at radius 2 is 1.88 bits per heavy atom. The van der Waals surface area contributed by atoms with Gasteiger partial charge in [-0.05, 0) is 64.2 Å². The summed E-state index contributed by atoms with van der Waals surface area (Å²) in [7, 11) is 0.00775. The number of likely N-dealkylation sites (N-methyl/N-ethyl adjacent to an activating group) is 1. The molecule has 0 aliphatic heterocycles. The van der Waals surface area contributed by atoms with E-state index >= 15 is 0 Å². The standard InChI is InChI=1S/C23H30N3O5P/c1-5-29-23(27)17(2)25-32(28,30-19-10-7-6-8-11-19)31-21-13-9-12-20-22(21)18(16-24-20)14-15-26(3)4/h6-13,16-17,24H,5,14-15H2,1-4H3,(H,25,28)/t17-,32?/m0/s1. The van der Waals surface area contributed by atoms with Crippen molar-refractivity contribution in [2.45, 2.75) is 26.3 Å². The summed E-state index contributed by atoms with van der Waals surface area (Å²) in [6, 6.07) is 13.3. The van der Waals surface area contributed by atoms with Gasteiger partial charge in [-0.1, -0.05) is 24.3 Å². The highest BCUT2D eigenvalue weighted by Crippen LogP contribution is 2.47. The minimum atomic E-state index is -4.01. The molecule has 3 aromatic rings. The Labute approximate surface area is 188 Å². The molecule has 0 aliphatic carbocycles. The molecular formula is C23H30N3O5P. The average molecular weight is 459 g/mol. The molecule has 32 heavy (non-hydrogen) atoms. The van der Waals surface area contributed by atoms with E-state index in [1.165, 1.54) is 0 Å². The zero-order valence-corrected chi connectivity index (χ0v) is 19.7. The van der Waals surface area contributed by atoms with Gasteiger partial charge in [0.05, 0.1) is 6.61 Å². The van der Waals surface area contributed by atoms with E-state index < -0.39 is 19.8 Å². The van der Waals surface area contributed by atoms with Crippen LogP contribution >= 0.6 is 7.75 Å². The number of carbonyl (C=O) groups is 1. The highest BCUT2D eigenvalue weighted by atomic mass is 31.2. The predicted octanol–water partition coefficient (Wildman–Crippen LogP) is 4.38. The van der Waals surface area contributed by atoms with E-state index in [1.54, 1.807) is 44.2 Å². The summed E-state index contributed by atoms with van der Waals surface area (Å²) in [6.07, 6.45) is 2.71. The Morgan fingerprint density at radius 3 is 2.56 bits per heavy atom. The van der Waals surface area contributed by atoms with Gasteiger partial charge < -0.3 is 23.7 Å². The monoisotopic (exact) mass is 459 g/mol. The van der Waals surface area contributed by atoms with E-state index in [2.05, 4.69) is 15.0 Å². The molecule has 2 atom stereocenters. The van der Waals surface area contributed by atoms with E-state index in [-0.39, 0.29) is 6.61 Å². The second-order valence-corrected chi connectivity index (χ2v) is 9.26. The topological polar surface area (TPSA) is 92.9 Å². The first-order valence-electron chi connectivity index (χ1n) is 10.5. The number of hydrogen-bond acceptors (Lipinski definition) is 6. The van der Waals surface area contributed by atoms with Gasteiger partial charge in [0.25, 0.3) is 0 Å². The van der Waals surface area contributed by atoms with Crippen LogP contribution in [0.4, 0.5) is 0 Å². The maximum atomic E-state index is 13.8. The Hall–Kier alpha value is -2.80. The van der Waals surface area contributed by atoms with Crippen molar-refractivity contribution < 1.29 is 23.1 Å². The van der Waals surface area contributed by atoms with Gasteiger partial charge in [-0.15, -0.1) is 0 Å². The zero-order valence-electron chi connectivity index (χ0n) is 18.8. The van der Waals surface area contributed by atoms with Crippen molar-refractivity contribution >= 4 is 24.6 Å². The molecular weight excluding hydrogens is 429 g/mol. The fourth-order valence-electron chi connectivity index (χ4n) is 3.22. The molecule has 0 saturated heterocycles. The van der Waals surface area contributed by atoms with Crippen LogP contribution in [0.5, 0.6) is 11.5 Å². The number of ether oxygens (including phenoxy) is 1. The molecule has 1 unspecified atom stereocenters. The molecule has 0 saturated carbocycles. The molecule has 0 bridgehead atoms. The normalized spacial score (nSPS) is 14.2. The SMILES string of the molecule is CCOC(=O)[C@H](C)NP(=O)(Oc1ccccc1)Oc1cccc2[nH]cc(CCN(C)C)c12. The van der Waals surface area contributed by atoms with E-state index in [9.17, 15) is 9.36 Å². The van der Waals surface area contributed by atoms with Crippen molar-refractivity contribution in [2.24, 2.45) is 0 Å². The number of aromatic amines is 1. The number of para-hydroxylation sites is 1. The van der Waals surface area contributed by atoms with E-state index in [4.69, 9.17) is 13.8 Å². The third-order valence-corrected chi connectivity index (χ3v) is 6.35. The largest absolute Gasteiger partial charge is 0.513 e. The predicted molar refractivity (Wildman–Crippen MR) is 125 cm³/mol. The summed E-state index contributed by atoms with van der Waals surface area (Å²) < 4.78 is 30.6. The molecule has 2 N–H and O–H groups in total. The van der Waals surface area contributed by atoms with Crippen molar-refractivity contribution in [2.75, 3.05) is 27.2 Å². The highest BCUT2D eigenvalue weighted by Gasteiger charge is 2.34. The molecule has 0 aliphatic rings. The molecule has 9 heteroatoms. The number of rotatable bonds is 11. The van der Waals surface area contributed by atoms with Gasteiger partial charge in [0, 0.05) is 23.6 Å². The van der Waals surface area contributed by atoms with Crippen LogP contribution < -0.4 is 14.1 Å². The quantitative estimate of drug-likeness (QED) is 0.325. The van der Waals surface area contributed by atoms with Gasteiger partial charge in [-0.3, -0.25) is 4.79 Å². The van der Waals surface area contributed by atoms with Crippen LogP contribution in [0.1, 0.15) is 19.4 Å². The van der Waals surface area contributed by atoms with Gasteiger partial charge in [-0.25, -0.2) is 4.57 Å². The second kappa shape index (κ2) is 10.7. The lowest BCUT2D eigenvalue weighted by Crippen LogP contribution is -2.35. The molecule has 8 nitrogen and oxygen atoms in total. The molecule has 2 aromatic carbocycles. The number of hydrogen-bond donors (Lipinski definition) is 2. The van der Waals surface area contributed by atoms with Crippen LogP contribution in [0.3, 0.4) is 0 Å². The lowest BCUT2D eigenvalue weighted by Gasteiger charge is -2.23. The first-order chi connectivity index (χ1) is 15.3. The molecule has 172 valence electrons. The van der Waals surface area contributed by atoms with Crippen molar-refractivity contribution in [1.29, 1.82) is 0 Å². The van der Waals surface area contributed by atoms with Crippen LogP contribution in [0.15, 0.2) is 54.7 Å². The Morgan fingerprint density at radius 1 is 1.12 bits per heavy atom. The smallest absolute Gasteiger partial charge is 0.465 e. The second-order valence-electron chi connectivity index (χ2n) is 7.64. The van der Waals surface area contributed by atoms with Crippen LogP contribution in [-0.4, -0.2) is 49.1 Å². The van der Waals surface area contributed by atoms with Gasteiger partial charge in [0.2, 0.25) is 0 Å². The van der Waals surface area contributed by atoms with E-state index in [1.807, 2.05) is 38.5 Å². The van der Waals surface area contributed by atoms with Crippen molar-refractivity contribution in [3.8, 4) is 11.5 Å². The van der Waals surface area contributed by atoms with Gasteiger partial charge >= 0.3 is 13.7 Å². The Bertz CT molecular complexity index is 1080. The number of fused-ring (bicyclic) bond motifs is 1. The maximum absolute atomic E-state index is 13.8. The first kappa shape index (κ1) is 23.9. The molecule has 3 rings (SSSR count). The lowest BCUT2D eigenvalue weighted by molar-refractivity contribution is -0.144. The summed E-state index contributed by atoms with van der Waals surface area (Å²) in [5.74, 6) is 0.216. The number of esters is 1. The average Bonchev–Trinajstić information content (AvgIpc) is 3.17. The molecule has 0 radical (unpaired) electrons. The third kappa shape index (κ3) is 6.13. The van der Waals surface area contributed by atoms with Crippen LogP contribution in [0.25, 0.3) is 10.9 Å². The van der Waals surface area contributed by atoms with Gasteiger partial charge in [0.15, 0.2) is 0 Å². The Kier molecular flexibility index (Phi) is 7.96. The van der Waals surface area contributed by atoms with Gasteiger partial charge in [0.1, 0.15) is 17.5 Å². The first-order valence-corrected chi connectivity index (χ1v) is 12.1. The molecule has 0 fully saturated rings. The van der Waals surface area contributed by atoms with Crippen LogP contribution in [-0.2, 0) is 20.5 Å². The fraction of sp³-hybridized carbons (Fsp3) is 0.348. The number of carbonyl (C=O) groups excluding carboxylic acids is 1. The summed E-state index contributed by atoms with van der Waals surface area (Å²) in [5.41, 5.74) is 1.90. The summed E-state index contributed by atoms with van der Waals surface area (Å²) in [6.45, 7) is 4.33. The van der Waals surface area contributed by atoms with E-state index in [0.29, 0.717) is 11.5 Å². The number of nitrogens with one attached hydrogen (secondary N) is 2. The number of aromatic nitrogens is 1. The fourth-order valence-corrected chi connectivity index (χ4v) is 4.75. The van der Waals surface area contributed by atoms with Crippen LogP contribution in [0, 0.1) is 0 Å². The van der Waals surface area contributed by atoms with E-state index in [0.717, 1.165) is 29.4 Å². The number of H-pyrrole nitrogens is 1. The molecule has 0 amide bonds. The molecule has 1 heterocycles. The maximum Gasteiger partial charge on any atom is 0.513 e. The zero-order chi connectivity index (χ0) is 23.1. The molecule has 1 aromatic heterocycles. The molecule has 0 spiro atoms. The summed E-state index contributed by atoms with van der Waals surface area (Å²) in [5, 5.41) is 3.55. The van der Waals surface area contributed by atoms with Crippen molar-refractivity contribution in [1.82, 2.24) is 15.0 Å².